The van der Waals surface area contributed by atoms with Gasteiger partial charge in [0, 0.05) is 6.54 Å². The Morgan fingerprint density at radius 1 is 1.12 bits per heavy atom. The van der Waals surface area contributed by atoms with E-state index in [0.717, 1.165) is 6.42 Å². The van der Waals surface area contributed by atoms with Gasteiger partial charge in [0.1, 0.15) is 5.54 Å². The Bertz CT molecular complexity index is 267. The van der Waals surface area contributed by atoms with Gasteiger partial charge in [0.25, 0.3) is 0 Å². The predicted molar refractivity (Wildman–Crippen MR) is 62.3 cm³/mol. The van der Waals surface area contributed by atoms with Gasteiger partial charge < -0.3 is 15.7 Å². The minimum absolute atomic E-state index is 0.148. The number of nitrogens with one attached hydrogen (secondary N) is 2. The molecule has 0 aromatic rings. The van der Waals surface area contributed by atoms with Gasteiger partial charge >= 0.3 is 12.0 Å². The van der Waals surface area contributed by atoms with Crippen LogP contribution in [-0.2, 0) is 4.79 Å². The molecule has 0 aromatic heterocycles. The van der Waals surface area contributed by atoms with E-state index in [2.05, 4.69) is 31.4 Å². The lowest BCUT2D eigenvalue weighted by Crippen LogP contribution is -2.53. The van der Waals surface area contributed by atoms with Crippen molar-refractivity contribution in [3.63, 3.8) is 0 Å². The molecule has 0 aliphatic carbocycles. The van der Waals surface area contributed by atoms with Crippen LogP contribution in [0.1, 0.15) is 41.0 Å². The molecule has 0 atom stereocenters. The molecule has 0 unspecified atom stereocenters. The number of aliphatic carboxylic acids is 1. The Morgan fingerprint density at radius 2 is 1.62 bits per heavy atom. The second-order valence-corrected chi connectivity index (χ2v) is 5.62. The first kappa shape index (κ1) is 14.7. The summed E-state index contributed by atoms with van der Waals surface area (Å²) in [5.74, 6) is -1.06. The van der Waals surface area contributed by atoms with Gasteiger partial charge in [-0.05, 0) is 25.7 Å². The Morgan fingerprint density at radius 3 is 2.00 bits per heavy atom. The molecule has 2 amide bonds. The highest BCUT2D eigenvalue weighted by atomic mass is 16.4. The van der Waals surface area contributed by atoms with Crippen molar-refractivity contribution in [2.45, 2.75) is 46.6 Å². The third kappa shape index (κ3) is 6.27. The van der Waals surface area contributed by atoms with Gasteiger partial charge in [-0.1, -0.05) is 20.8 Å². The van der Waals surface area contributed by atoms with E-state index in [0.29, 0.717) is 6.54 Å². The summed E-state index contributed by atoms with van der Waals surface area (Å²) < 4.78 is 0. The van der Waals surface area contributed by atoms with Crippen molar-refractivity contribution in [3.8, 4) is 0 Å². The van der Waals surface area contributed by atoms with E-state index >= 15 is 0 Å². The number of carboxylic acids is 1. The molecule has 0 bridgehead atoms. The zero-order valence-electron chi connectivity index (χ0n) is 10.7. The summed E-state index contributed by atoms with van der Waals surface area (Å²) in [5, 5.41) is 13.8. The molecule has 0 radical (unpaired) electrons. The molecule has 0 saturated carbocycles. The molecule has 0 aliphatic rings. The first-order chi connectivity index (χ1) is 7.04. The van der Waals surface area contributed by atoms with Crippen molar-refractivity contribution in [2.24, 2.45) is 5.41 Å². The second-order valence-electron chi connectivity index (χ2n) is 5.62. The standard InChI is InChI=1S/C11H22N2O3/c1-10(2,3)6-7-12-9(16)13-11(4,5)8(14)15/h6-7H2,1-5H3,(H,14,15)(H2,12,13,16). The summed E-state index contributed by atoms with van der Waals surface area (Å²) in [7, 11) is 0. The van der Waals surface area contributed by atoms with Gasteiger partial charge in [-0.25, -0.2) is 9.59 Å². The maximum Gasteiger partial charge on any atom is 0.328 e. The first-order valence-corrected chi connectivity index (χ1v) is 5.34. The molecule has 0 heterocycles. The molecule has 0 saturated heterocycles. The molecule has 5 heteroatoms. The van der Waals surface area contributed by atoms with Crippen LogP contribution in [0.25, 0.3) is 0 Å². The van der Waals surface area contributed by atoms with Crippen molar-refractivity contribution in [3.05, 3.63) is 0 Å². The summed E-state index contributed by atoms with van der Waals surface area (Å²) in [4.78, 5) is 22.1. The van der Waals surface area contributed by atoms with Crippen LogP contribution in [0.3, 0.4) is 0 Å². The van der Waals surface area contributed by atoms with Crippen LogP contribution < -0.4 is 10.6 Å². The van der Waals surface area contributed by atoms with Crippen molar-refractivity contribution >= 4 is 12.0 Å². The largest absolute Gasteiger partial charge is 0.480 e. The van der Waals surface area contributed by atoms with E-state index in [9.17, 15) is 9.59 Å². The maximum atomic E-state index is 11.4. The van der Waals surface area contributed by atoms with E-state index < -0.39 is 17.5 Å². The smallest absolute Gasteiger partial charge is 0.328 e. The highest BCUT2D eigenvalue weighted by Crippen LogP contribution is 2.16. The van der Waals surface area contributed by atoms with Gasteiger partial charge in [0.15, 0.2) is 0 Å². The third-order valence-electron chi connectivity index (χ3n) is 2.12. The Hall–Kier alpha value is -1.26. The average molecular weight is 230 g/mol. The van der Waals surface area contributed by atoms with E-state index in [-0.39, 0.29) is 5.41 Å². The van der Waals surface area contributed by atoms with Crippen molar-refractivity contribution in [2.75, 3.05) is 6.54 Å². The molecule has 94 valence electrons. The van der Waals surface area contributed by atoms with E-state index in [1.54, 1.807) is 0 Å². The van der Waals surface area contributed by atoms with Crippen LogP contribution in [0.15, 0.2) is 0 Å². The Kier molecular flexibility index (Phi) is 4.78. The SMILES string of the molecule is CC(C)(C)CCNC(=O)NC(C)(C)C(=O)O. The quantitative estimate of drug-likeness (QED) is 0.686. The van der Waals surface area contributed by atoms with Gasteiger partial charge in [0.05, 0.1) is 0 Å². The van der Waals surface area contributed by atoms with Gasteiger partial charge in [0.2, 0.25) is 0 Å². The monoisotopic (exact) mass is 230 g/mol. The minimum Gasteiger partial charge on any atom is -0.480 e. The van der Waals surface area contributed by atoms with E-state index in [1.807, 2.05) is 0 Å². The van der Waals surface area contributed by atoms with Crippen molar-refractivity contribution < 1.29 is 14.7 Å². The van der Waals surface area contributed by atoms with Crippen LogP contribution in [0.2, 0.25) is 0 Å². The fourth-order valence-electron chi connectivity index (χ4n) is 0.933. The number of amides is 2. The highest BCUT2D eigenvalue weighted by molar-refractivity contribution is 5.85. The van der Waals surface area contributed by atoms with E-state index in [1.165, 1.54) is 13.8 Å². The van der Waals surface area contributed by atoms with Gasteiger partial charge in [-0.3, -0.25) is 0 Å². The molecule has 0 aliphatic heterocycles. The molecular weight excluding hydrogens is 208 g/mol. The first-order valence-electron chi connectivity index (χ1n) is 5.34. The average Bonchev–Trinajstić information content (AvgIpc) is 1.99. The molecular formula is C11H22N2O3. The molecule has 0 spiro atoms. The number of hydrogen-bond acceptors (Lipinski definition) is 2. The number of urea groups is 1. The molecule has 0 aromatic carbocycles. The number of rotatable bonds is 4. The number of carboxylic acid groups (broad SMARTS) is 1. The van der Waals surface area contributed by atoms with Crippen molar-refractivity contribution in [1.82, 2.24) is 10.6 Å². The lowest BCUT2D eigenvalue weighted by Gasteiger charge is -2.22. The van der Waals surface area contributed by atoms with Crippen LogP contribution in [0.5, 0.6) is 0 Å². The molecule has 0 fully saturated rings. The van der Waals surface area contributed by atoms with Gasteiger partial charge in [-0.15, -0.1) is 0 Å². The number of carbonyl (C=O) groups excluding carboxylic acids is 1. The summed E-state index contributed by atoms with van der Waals surface area (Å²) in [6, 6.07) is -0.448. The topological polar surface area (TPSA) is 78.4 Å². The van der Waals surface area contributed by atoms with Crippen LogP contribution in [0, 0.1) is 5.41 Å². The summed E-state index contributed by atoms with van der Waals surface area (Å²) in [5.41, 5.74) is -1.10. The molecule has 0 rings (SSSR count). The number of hydrogen-bond donors (Lipinski definition) is 3. The van der Waals surface area contributed by atoms with Crippen LogP contribution in [-0.4, -0.2) is 29.2 Å². The Balaban J connectivity index is 3.97. The zero-order valence-corrected chi connectivity index (χ0v) is 10.7. The lowest BCUT2D eigenvalue weighted by atomic mass is 9.92. The normalized spacial score (nSPS) is 12.1. The molecule has 5 nitrogen and oxygen atoms in total. The number of carbonyl (C=O) groups is 2. The van der Waals surface area contributed by atoms with Crippen LogP contribution in [0.4, 0.5) is 4.79 Å². The van der Waals surface area contributed by atoms with E-state index in [4.69, 9.17) is 5.11 Å². The zero-order chi connectivity index (χ0) is 13.0. The lowest BCUT2D eigenvalue weighted by molar-refractivity contribution is -0.142. The fourth-order valence-corrected chi connectivity index (χ4v) is 0.933. The summed E-state index contributed by atoms with van der Waals surface area (Å²) >= 11 is 0. The summed E-state index contributed by atoms with van der Waals surface area (Å²) in [6.07, 6.45) is 0.841. The minimum atomic E-state index is -1.24. The van der Waals surface area contributed by atoms with Crippen molar-refractivity contribution in [1.29, 1.82) is 0 Å². The summed E-state index contributed by atoms with van der Waals surface area (Å²) in [6.45, 7) is 9.65. The second kappa shape index (κ2) is 5.18. The fraction of sp³-hybridized carbons (Fsp3) is 0.818. The van der Waals surface area contributed by atoms with Crippen LogP contribution >= 0.6 is 0 Å². The third-order valence-corrected chi connectivity index (χ3v) is 2.12. The predicted octanol–water partition coefficient (Wildman–Crippen LogP) is 1.58. The maximum absolute atomic E-state index is 11.4. The highest BCUT2D eigenvalue weighted by Gasteiger charge is 2.28. The Labute approximate surface area is 96.6 Å². The molecule has 3 N–H and O–H groups in total. The molecule has 16 heavy (non-hydrogen) atoms. The van der Waals surface area contributed by atoms with Gasteiger partial charge in [-0.2, -0.15) is 0 Å².